The van der Waals surface area contributed by atoms with Crippen LogP contribution >= 0.6 is 11.3 Å². The highest BCUT2D eigenvalue weighted by atomic mass is 32.1. The van der Waals surface area contributed by atoms with Gasteiger partial charge in [-0.05, 0) is 30.2 Å². The van der Waals surface area contributed by atoms with Crippen LogP contribution in [0.1, 0.15) is 23.0 Å². The minimum absolute atomic E-state index is 0.103. The zero-order valence-corrected chi connectivity index (χ0v) is 15.1. The first-order chi connectivity index (χ1) is 12.7. The fraction of sp³-hybridized carbons (Fsp3) is 0.150. The summed E-state index contributed by atoms with van der Waals surface area (Å²) in [5, 5.41) is 4.96. The zero-order chi connectivity index (χ0) is 18.4. The third-order valence-corrected chi connectivity index (χ3v) is 4.46. The standard InChI is InChI=1S/C20H18N2O3S/c1-2-25-18(23)12-17-13-26-20(21-17)22-19(24)16-10-8-15(9-11-16)14-6-4-3-5-7-14/h3-11,13H,2,12H2,1H3,(H,21,22,24). The third-order valence-electron chi connectivity index (χ3n) is 3.66. The highest BCUT2D eigenvalue weighted by Crippen LogP contribution is 2.21. The van der Waals surface area contributed by atoms with Crippen molar-refractivity contribution in [3.63, 3.8) is 0 Å². The van der Waals surface area contributed by atoms with Gasteiger partial charge in [0.25, 0.3) is 5.91 Å². The Bertz CT molecular complexity index is 889. The highest BCUT2D eigenvalue weighted by molar-refractivity contribution is 7.14. The summed E-state index contributed by atoms with van der Waals surface area (Å²) in [4.78, 5) is 28.1. The summed E-state index contributed by atoms with van der Waals surface area (Å²) in [5.41, 5.74) is 3.28. The van der Waals surface area contributed by atoms with Crippen LogP contribution in [-0.4, -0.2) is 23.5 Å². The molecule has 26 heavy (non-hydrogen) atoms. The first-order valence-corrected chi connectivity index (χ1v) is 9.10. The molecule has 2 aromatic carbocycles. The second kappa shape index (κ2) is 8.40. The molecule has 6 heteroatoms. The van der Waals surface area contributed by atoms with Gasteiger partial charge in [0.05, 0.1) is 18.7 Å². The number of carbonyl (C=O) groups excluding carboxylic acids is 2. The van der Waals surface area contributed by atoms with Gasteiger partial charge in [-0.1, -0.05) is 42.5 Å². The van der Waals surface area contributed by atoms with Crippen LogP contribution in [-0.2, 0) is 16.0 Å². The average molecular weight is 366 g/mol. The summed E-state index contributed by atoms with van der Waals surface area (Å²) in [6, 6.07) is 17.4. The Morgan fingerprint density at radius 3 is 2.42 bits per heavy atom. The monoisotopic (exact) mass is 366 g/mol. The number of nitrogens with zero attached hydrogens (tertiary/aromatic N) is 1. The molecule has 132 valence electrons. The van der Waals surface area contributed by atoms with E-state index in [9.17, 15) is 9.59 Å². The smallest absolute Gasteiger partial charge is 0.311 e. The van der Waals surface area contributed by atoms with Gasteiger partial charge in [0, 0.05) is 10.9 Å². The van der Waals surface area contributed by atoms with Crippen LogP contribution in [0.25, 0.3) is 11.1 Å². The first kappa shape index (κ1) is 17.8. The number of nitrogens with one attached hydrogen (secondary N) is 1. The maximum absolute atomic E-state index is 12.4. The Hall–Kier alpha value is -2.99. The third kappa shape index (κ3) is 4.55. The molecule has 0 aliphatic rings. The lowest BCUT2D eigenvalue weighted by molar-refractivity contribution is -0.142. The second-order valence-electron chi connectivity index (χ2n) is 5.52. The number of amides is 1. The van der Waals surface area contributed by atoms with Gasteiger partial charge in [-0.2, -0.15) is 0 Å². The minimum atomic E-state index is -0.327. The molecule has 5 nitrogen and oxygen atoms in total. The molecule has 3 rings (SSSR count). The molecule has 0 bridgehead atoms. The van der Waals surface area contributed by atoms with Crippen LogP contribution in [0.3, 0.4) is 0 Å². The first-order valence-electron chi connectivity index (χ1n) is 8.22. The number of hydrogen-bond acceptors (Lipinski definition) is 5. The largest absolute Gasteiger partial charge is 0.466 e. The predicted octanol–water partition coefficient (Wildman–Crippen LogP) is 4.17. The Morgan fingerprint density at radius 2 is 1.73 bits per heavy atom. The number of benzene rings is 2. The number of aromatic nitrogens is 1. The molecule has 1 heterocycles. The lowest BCUT2D eigenvalue weighted by atomic mass is 10.0. The second-order valence-corrected chi connectivity index (χ2v) is 6.38. The van der Waals surface area contributed by atoms with Crippen molar-refractivity contribution in [2.45, 2.75) is 13.3 Å². The SMILES string of the molecule is CCOC(=O)Cc1csc(NC(=O)c2ccc(-c3ccccc3)cc2)n1. The van der Waals surface area contributed by atoms with Crippen molar-refractivity contribution in [1.29, 1.82) is 0 Å². The number of thiazole rings is 1. The van der Waals surface area contributed by atoms with E-state index in [4.69, 9.17) is 4.74 Å². The van der Waals surface area contributed by atoms with Gasteiger partial charge < -0.3 is 4.74 Å². The predicted molar refractivity (Wildman–Crippen MR) is 102 cm³/mol. The molecule has 0 aliphatic heterocycles. The molecule has 0 spiro atoms. The van der Waals surface area contributed by atoms with Crippen molar-refractivity contribution in [1.82, 2.24) is 4.98 Å². The van der Waals surface area contributed by atoms with Gasteiger partial charge in [-0.3, -0.25) is 14.9 Å². The quantitative estimate of drug-likeness (QED) is 0.665. The highest BCUT2D eigenvalue weighted by Gasteiger charge is 2.12. The molecule has 0 unspecified atom stereocenters. The molecular formula is C20H18N2O3S. The lowest BCUT2D eigenvalue weighted by Crippen LogP contribution is -2.12. The maximum Gasteiger partial charge on any atom is 0.311 e. The van der Waals surface area contributed by atoms with Crippen molar-refractivity contribution in [3.05, 3.63) is 71.2 Å². The van der Waals surface area contributed by atoms with Crippen LogP contribution in [0.15, 0.2) is 60.0 Å². The van der Waals surface area contributed by atoms with Crippen LogP contribution < -0.4 is 5.32 Å². The fourth-order valence-corrected chi connectivity index (χ4v) is 3.12. The Kier molecular flexibility index (Phi) is 5.76. The summed E-state index contributed by atoms with van der Waals surface area (Å²) in [7, 11) is 0. The van der Waals surface area contributed by atoms with E-state index in [0.29, 0.717) is 23.0 Å². The van der Waals surface area contributed by atoms with E-state index in [0.717, 1.165) is 11.1 Å². The number of anilines is 1. The molecule has 3 aromatic rings. The Morgan fingerprint density at radius 1 is 1.04 bits per heavy atom. The molecule has 0 aliphatic carbocycles. The molecule has 0 fully saturated rings. The topological polar surface area (TPSA) is 68.3 Å². The van der Waals surface area contributed by atoms with E-state index in [2.05, 4.69) is 10.3 Å². The van der Waals surface area contributed by atoms with Gasteiger partial charge in [0.15, 0.2) is 5.13 Å². The van der Waals surface area contributed by atoms with Crippen LogP contribution in [0.4, 0.5) is 5.13 Å². The van der Waals surface area contributed by atoms with Gasteiger partial charge in [0.2, 0.25) is 0 Å². The molecular weight excluding hydrogens is 348 g/mol. The van der Waals surface area contributed by atoms with E-state index in [1.165, 1.54) is 11.3 Å². The van der Waals surface area contributed by atoms with E-state index in [1.807, 2.05) is 42.5 Å². The molecule has 1 N–H and O–H groups in total. The van der Waals surface area contributed by atoms with Gasteiger partial charge in [0.1, 0.15) is 0 Å². The number of esters is 1. The Labute approximate surface area is 155 Å². The van der Waals surface area contributed by atoms with Gasteiger partial charge >= 0.3 is 5.97 Å². The van der Waals surface area contributed by atoms with Gasteiger partial charge in [-0.25, -0.2) is 4.98 Å². The normalized spacial score (nSPS) is 10.3. The van der Waals surface area contributed by atoms with Crippen molar-refractivity contribution >= 4 is 28.3 Å². The summed E-state index contributed by atoms with van der Waals surface area (Å²) < 4.78 is 4.89. The van der Waals surface area contributed by atoms with E-state index < -0.39 is 0 Å². The van der Waals surface area contributed by atoms with Crippen LogP contribution in [0, 0.1) is 0 Å². The van der Waals surface area contributed by atoms with Crippen LogP contribution in [0.5, 0.6) is 0 Å². The minimum Gasteiger partial charge on any atom is -0.466 e. The van der Waals surface area contributed by atoms with E-state index in [-0.39, 0.29) is 18.3 Å². The molecule has 0 saturated heterocycles. The fourth-order valence-electron chi connectivity index (χ4n) is 2.42. The van der Waals surface area contributed by atoms with Crippen LogP contribution in [0.2, 0.25) is 0 Å². The number of carbonyl (C=O) groups is 2. The average Bonchev–Trinajstić information content (AvgIpc) is 3.09. The molecule has 0 saturated carbocycles. The summed E-state index contributed by atoms with van der Waals surface area (Å²) in [6.07, 6.45) is 0.103. The number of hydrogen-bond donors (Lipinski definition) is 1. The Balaban J connectivity index is 1.63. The van der Waals surface area contributed by atoms with Crippen molar-refractivity contribution in [2.75, 3.05) is 11.9 Å². The summed E-state index contributed by atoms with van der Waals surface area (Å²) >= 11 is 1.28. The molecule has 1 aromatic heterocycles. The zero-order valence-electron chi connectivity index (χ0n) is 14.3. The molecule has 1 amide bonds. The lowest BCUT2D eigenvalue weighted by Gasteiger charge is -2.04. The van der Waals surface area contributed by atoms with Crippen molar-refractivity contribution < 1.29 is 14.3 Å². The summed E-state index contributed by atoms with van der Waals surface area (Å²) in [5.74, 6) is -0.561. The summed E-state index contributed by atoms with van der Waals surface area (Å²) in [6.45, 7) is 2.10. The van der Waals surface area contributed by atoms with Crippen molar-refractivity contribution in [2.24, 2.45) is 0 Å². The van der Waals surface area contributed by atoms with Crippen molar-refractivity contribution in [3.8, 4) is 11.1 Å². The van der Waals surface area contributed by atoms with E-state index >= 15 is 0 Å². The maximum atomic E-state index is 12.4. The molecule has 0 atom stereocenters. The van der Waals surface area contributed by atoms with Gasteiger partial charge in [-0.15, -0.1) is 11.3 Å². The number of ether oxygens (including phenoxy) is 1. The van der Waals surface area contributed by atoms with E-state index in [1.54, 1.807) is 24.4 Å². The molecule has 0 radical (unpaired) electrons. The number of rotatable bonds is 6.